The van der Waals surface area contributed by atoms with Crippen molar-refractivity contribution in [3.63, 3.8) is 0 Å². The third kappa shape index (κ3) is 3.56. The molecule has 0 bridgehead atoms. The Balaban J connectivity index is 2.33. The van der Waals surface area contributed by atoms with Crippen LogP contribution in [-0.2, 0) is 6.42 Å². The SMILES string of the molecule is NCCc1cc(F)c(Oc2ccc(Br)cc2Br)c(F)c1. The highest BCUT2D eigenvalue weighted by Crippen LogP contribution is 2.34. The summed E-state index contributed by atoms with van der Waals surface area (Å²) >= 11 is 6.57. The van der Waals surface area contributed by atoms with Crippen LogP contribution in [0.15, 0.2) is 39.3 Å². The van der Waals surface area contributed by atoms with Gasteiger partial charge in [-0.05, 0) is 64.8 Å². The van der Waals surface area contributed by atoms with Crippen molar-refractivity contribution in [1.82, 2.24) is 0 Å². The van der Waals surface area contributed by atoms with E-state index in [0.717, 1.165) is 4.47 Å². The van der Waals surface area contributed by atoms with Crippen molar-refractivity contribution in [3.8, 4) is 11.5 Å². The summed E-state index contributed by atoms with van der Waals surface area (Å²) < 4.78 is 34.5. The lowest BCUT2D eigenvalue weighted by Crippen LogP contribution is -2.04. The van der Waals surface area contributed by atoms with Crippen molar-refractivity contribution in [3.05, 3.63) is 56.5 Å². The molecule has 2 aromatic rings. The zero-order valence-corrected chi connectivity index (χ0v) is 13.5. The smallest absolute Gasteiger partial charge is 0.198 e. The summed E-state index contributed by atoms with van der Waals surface area (Å²) in [5.41, 5.74) is 5.87. The number of nitrogens with two attached hydrogens (primary N) is 1. The first-order valence-corrected chi connectivity index (χ1v) is 7.40. The largest absolute Gasteiger partial charge is 0.450 e. The quantitative estimate of drug-likeness (QED) is 0.792. The Morgan fingerprint density at radius 2 is 1.70 bits per heavy atom. The van der Waals surface area contributed by atoms with Crippen molar-refractivity contribution in [2.24, 2.45) is 5.73 Å². The Hall–Kier alpha value is -0.980. The van der Waals surface area contributed by atoms with Crippen LogP contribution in [0.4, 0.5) is 8.78 Å². The fraction of sp³-hybridized carbons (Fsp3) is 0.143. The average molecular weight is 407 g/mol. The monoisotopic (exact) mass is 405 g/mol. The molecule has 0 saturated carbocycles. The predicted molar refractivity (Wildman–Crippen MR) is 81.0 cm³/mol. The van der Waals surface area contributed by atoms with Gasteiger partial charge in [0.15, 0.2) is 17.4 Å². The van der Waals surface area contributed by atoms with E-state index in [0.29, 0.717) is 28.8 Å². The first kappa shape index (κ1) is 15.4. The number of halogens is 4. The molecular weight excluding hydrogens is 396 g/mol. The van der Waals surface area contributed by atoms with E-state index in [-0.39, 0.29) is 0 Å². The molecular formula is C14H11Br2F2NO. The molecule has 0 spiro atoms. The number of hydrogen-bond acceptors (Lipinski definition) is 2. The molecule has 0 heterocycles. The second-order valence-corrected chi connectivity index (χ2v) is 5.87. The minimum atomic E-state index is -0.747. The Bertz CT molecular complexity index is 612. The topological polar surface area (TPSA) is 35.2 Å². The highest BCUT2D eigenvalue weighted by molar-refractivity contribution is 9.11. The molecule has 0 aliphatic heterocycles. The molecule has 0 radical (unpaired) electrons. The van der Waals surface area contributed by atoms with E-state index in [9.17, 15) is 8.78 Å². The maximum Gasteiger partial charge on any atom is 0.198 e. The molecule has 0 amide bonds. The van der Waals surface area contributed by atoms with Gasteiger partial charge in [-0.1, -0.05) is 15.9 Å². The third-order valence-corrected chi connectivity index (χ3v) is 3.71. The predicted octanol–water partition coefficient (Wildman–Crippen LogP) is 4.78. The van der Waals surface area contributed by atoms with E-state index in [4.69, 9.17) is 10.5 Å². The Morgan fingerprint density at radius 1 is 1.05 bits per heavy atom. The van der Waals surface area contributed by atoms with Crippen molar-refractivity contribution in [2.45, 2.75) is 6.42 Å². The number of benzene rings is 2. The first-order chi connectivity index (χ1) is 9.51. The first-order valence-electron chi connectivity index (χ1n) is 5.82. The van der Waals surface area contributed by atoms with Crippen LogP contribution in [-0.4, -0.2) is 6.54 Å². The molecule has 0 saturated heterocycles. The van der Waals surface area contributed by atoms with Gasteiger partial charge in [-0.2, -0.15) is 0 Å². The number of rotatable bonds is 4. The van der Waals surface area contributed by atoms with Crippen LogP contribution in [0, 0.1) is 11.6 Å². The third-order valence-electron chi connectivity index (χ3n) is 2.60. The summed E-state index contributed by atoms with van der Waals surface area (Å²) in [4.78, 5) is 0. The highest BCUT2D eigenvalue weighted by Gasteiger charge is 2.15. The maximum atomic E-state index is 13.9. The van der Waals surface area contributed by atoms with Gasteiger partial charge in [0.25, 0.3) is 0 Å². The summed E-state index contributed by atoms with van der Waals surface area (Å²) in [5.74, 6) is -1.59. The van der Waals surface area contributed by atoms with E-state index < -0.39 is 17.4 Å². The van der Waals surface area contributed by atoms with Crippen molar-refractivity contribution < 1.29 is 13.5 Å². The van der Waals surface area contributed by atoms with Gasteiger partial charge in [-0.25, -0.2) is 8.78 Å². The highest BCUT2D eigenvalue weighted by atomic mass is 79.9. The molecule has 0 unspecified atom stereocenters. The van der Waals surface area contributed by atoms with Crippen LogP contribution >= 0.6 is 31.9 Å². The van der Waals surface area contributed by atoms with Gasteiger partial charge in [-0.3, -0.25) is 0 Å². The molecule has 106 valence electrons. The van der Waals surface area contributed by atoms with Crippen molar-refractivity contribution in [1.29, 1.82) is 0 Å². The van der Waals surface area contributed by atoms with E-state index in [1.54, 1.807) is 18.2 Å². The van der Waals surface area contributed by atoms with E-state index >= 15 is 0 Å². The molecule has 2 nitrogen and oxygen atoms in total. The zero-order valence-electron chi connectivity index (χ0n) is 10.3. The van der Waals surface area contributed by atoms with E-state index in [1.807, 2.05) is 0 Å². The average Bonchev–Trinajstić information content (AvgIpc) is 2.36. The summed E-state index contributed by atoms with van der Waals surface area (Å²) in [6, 6.07) is 7.53. The summed E-state index contributed by atoms with van der Waals surface area (Å²) in [6.07, 6.45) is 0.413. The van der Waals surface area contributed by atoms with Crippen LogP contribution < -0.4 is 10.5 Å². The number of ether oxygens (including phenoxy) is 1. The second kappa shape index (κ2) is 6.65. The summed E-state index contributed by atoms with van der Waals surface area (Å²) in [7, 11) is 0. The van der Waals surface area contributed by atoms with Gasteiger partial charge in [0, 0.05) is 4.47 Å². The van der Waals surface area contributed by atoms with Crippen LogP contribution in [0.1, 0.15) is 5.56 Å². The second-order valence-electron chi connectivity index (χ2n) is 4.10. The molecule has 6 heteroatoms. The van der Waals surface area contributed by atoms with Gasteiger partial charge >= 0.3 is 0 Å². The van der Waals surface area contributed by atoms with Crippen LogP contribution in [0.2, 0.25) is 0 Å². The van der Waals surface area contributed by atoms with Crippen molar-refractivity contribution >= 4 is 31.9 Å². The van der Waals surface area contributed by atoms with E-state index in [2.05, 4.69) is 31.9 Å². The minimum absolute atomic E-state index is 0.331. The zero-order chi connectivity index (χ0) is 14.7. The van der Waals surface area contributed by atoms with Crippen molar-refractivity contribution in [2.75, 3.05) is 6.54 Å². The molecule has 2 aromatic carbocycles. The van der Waals surface area contributed by atoms with Gasteiger partial charge < -0.3 is 10.5 Å². The lowest BCUT2D eigenvalue weighted by atomic mass is 10.1. The number of hydrogen-bond donors (Lipinski definition) is 1. The summed E-state index contributed by atoms with van der Waals surface area (Å²) in [5, 5.41) is 0. The Labute approximate surface area is 132 Å². The summed E-state index contributed by atoms with van der Waals surface area (Å²) in [6.45, 7) is 0.331. The Morgan fingerprint density at radius 3 is 2.25 bits per heavy atom. The molecule has 0 aliphatic rings. The lowest BCUT2D eigenvalue weighted by Gasteiger charge is -2.11. The van der Waals surface area contributed by atoms with Gasteiger partial charge in [0.2, 0.25) is 0 Å². The van der Waals surface area contributed by atoms with Gasteiger partial charge in [0.1, 0.15) is 5.75 Å². The molecule has 0 aromatic heterocycles. The van der Waals surface area contributed by atoms with Crippen LogP contribution in [0.25, 0.3) is 0 Å². The normalized spacial score (nSPS) is 10.7. The molecule has 20 heavy (non-hydrogen) atoms. The molecule has 0 fully saturated rings. The Kier molecular flexibility index (Phi) is 5.12. The fourth-order valence-corrected chi connectivity index (χ4v) is 2.82. The van der Waals surface area contributed by atoms with Crippen LogP contribution in [0.5, 0.6) is 11.5 Å². The van der Waals surface area contributed by atoms with Gasteiger partial charge in [0.05, 0.1) is 4.47 Å². The minimum Gasteiger partial charge on any atom is -0.450 e. The van der Waals surface area contributed by atoms with Crippen LogP contribution in [0.3, 0.4) is 0 Å². The molecule has 2 rings (SSSR count). The molecule has 2 N–H and O–H groups in total. The maximum absolute atomic E-state index is 13.9. The fourth-order valence-electron chi connectivity index (χ4n) is 1.69. The molecule has 0 atom stereocenters. The standard InChI is InChI=1S/C14H11Br2F2NO/c15-9-1-2-13(10(16)7-9)20-14-11(17)5-8(3-4-19)6-12(14)18/h1-2,5-7H,3-4,19H2. The molecule has 0 aliphatic carbocycles. The van der Waals surface area contributed by atoms with Gasteiger partial charge in [-0.15, -0.1) is 0 Å². The van der Waals surface area contributed by atoms with E-state index in [1.165, 1.54) is 12.1 Å². The lowest BCUT2D eigenvalue weighted by molar-refractivity contribution is 0.404.